The fraction of sp³-hybridized carbons (Fsp3) is 0.143. The van der Waals surface area contributed by atoms with E-state index in [1.165, 1.54) is 60.8 Å². The second-order valence-corrected chi connectivity index (χ2v) is 13.2. The van der Waals surface area contributed by atoms with Gasteiger partial charge in [0.1, 0.15) is 0 Å². The van der Waals surface area contributed by atoms with E-state index in [4.69, 9.17) is 0 Å². The van der Waals surface area contributed by atoms with E-state index in [0.29, 0.717) is 0 Å². The van der Waals surface area contributed by atoms with Crippen LogP contribution in [-0.2, 0) is 5.41 Å². The van der Waals surface area contributed by atoms with Crippen molar-refractivity contribution in [1.82, 2.24) is 20.5 Å². The third kappa shape index (κ3) is 4.26. The van der Waals surface area contributed by atoms with E-state index in [2.05, 4.69) is 180 Å². The Bertz CT molecular complexity index is 2180. The number of para-hydroxylation sites is 1. The lowest BCUT2D eigenvalue weighted by molar-refractivity contribution is 0.203. The van der Waals surface area contributed by atoms with E-state index < -0.39 is 0 Å². The van der Waals surface area contributed by atoms with Gasteiger partial charge in [-0.25, -0.2) is 0 Å². The van der Waals surface area contributed by atoms with Crippen LogP contribution in [0.4, 0.5) is 0 Å². The summed E-state index contributed by atoms with van der Waals surface area (Å²) in [6.45, 7) is 4.72. The van der Waals surface area contributed by atoms with Crippen molar-refractivity contribution in [2.45, 2.75) is 37.8 Å². The van der Waals surface area contributed by atoms with E-state index in [0.717, 1.165) is 5.69 Å². The predicted octanol–water partition coefficient (Wildman–Crippen LogP) is 9.27. The zero-order chi connectivity index (χ0) is 30.8. The maximum Gasteiger partial charge on any atom is 0.0865 e. The summed E-state index contributed by atoms with van der Waals surface area (Å²) >= 11 is 0. The van der Waals surface area contributed by atoms with Crippen LogP contribution in [0.5, 0.6) is 0 Å². The predicted molar refractivity (Wildman–Crippen MR) is 189 cm³/mol. The van der Waals surface area contributed by atoms with Crippen molar-refractivity contribution < 1.29 is 0 Å². The molecule has 4 heteroatoms. The smallest absolute Gasteiger partial charge is 0.0865 e. The molecule has 2 heterocycles. The Morgan fingerprint density at radius 1 is 0.457 bits per heavy atom. The number of hydrogen-bond acceptors (Lipinski definition) is 3. The summed E-state index contributed by atoms with van der Waals surface area (Å²) in [6, 6.07) is 52.9. The van der Waals surface area contributed by atoms with Crippen molar-refractivity contribution in [2.24, 2.45) is 0 Å². The van der Waals surface area contributed by atoms with Gasteiger partial charge >= 0.3 is 0 Å². The number of aromatic nitrogens is 1. The molecule has 1 aliphatic carbocycles. The van der Waals surface area contributed by atoms with Crippen molar-refractivity contribution in [1.29, 1.82) is 0 Å². The Morgan fingerprint density at radius 3 is 1.76 bits per heavy atom. The van der Waals surface area contributed by atoms with Crippen molar-refractivity contribution in [3.05, 3.63) is 173 Å². The van der Waals surface area contributed by atoms with Crippen LogP contribution in [0.25, 0.3) is 38.6 Å². The molecule has 3 N–H and O–H groups in total. The van der Waals surface area contributed by atoms with Crippen molar-refractivity contribution >= 4 is 21.8 Å². The third-order valence-electron chi connectivity index (χ3n) is 10.1. The van der Waals surface area contributed by atoms with E-state index in [9.17, 15) is 0 Å². The zero-order valence-electron chi connectivity index (χ0n) is 26.0. The molecule has 224 valence electrons. The summed E-state index contributed by atoms with van der Waals surface area (Å²) in [5.41, 5.74) is 12.7. The van der Waals surface area contributed by atoms with Crippen LogP contribution in [0.2, 0.25) is 0 Å². The molecule has 2 atom stereocenters. The molecule has 2 unspecified atom stereocenters. The fourth-order valence-corrected chi connectivity index (χ4v) is 7.80. The van der Waals surface area contributed by atoms with E-state index in [1.54, 1.807) is 0 Å². The number of rotatable bonds is 4. The minimum absolute atomic E-state index is 0.0130. The van der Waals surface area contributed by atoms with Gasteiger partial charge in [0.15, 0.2) is 0 Å². The molecule has 9 rings (SSSR count). The molecule has 0 radical (unpaired) electrons. The molecule has 7 aromatic rings. The normalized spacial score (nSPS) is 20.1. The first-order valence-electron chi connectivity index (χ1n) is 16.2. The Hall–Kier alpha value is -5.00. The van der Waals surface area contributed by atoms with Gasteiger partial charge in [-0.05, 0) is 69.3 Å². The van der Waals surface area contributed by atoms with E-state index in [-0.39, 0.29) is 23.9 Å². The third-order valence-corrected chi connectivity index (χ3v) is 10.1. The Balaban J connectivity index is 1.18. The fourth-order valence-electron chi connectivity index (χ4n) is 7.80. The van der Waals surface area contributed by atoms with Gasteiger partial charge < -0.3 is 4.57 Å². The quantitative estimate of drug-likeness (QED) is 0.190. The van der Waals surface area contributed by atoms with Gasteiger partial charge in [-0.2, -0.15) is 0 Å². The molecule has 46 heavy (non-hydrogen) atoms. The highest BCUT2D eigenvalue weighted by atomic mass is 15.4. The largest absolute Gasteiger partial charge is 0.309 e. The average Bonchev–Trinajstić information content (AvgIpc) is 3.56. The molecule has 0 spiro atoms. The van der Waals surface area contributed by atoms with Crippen LogP contribution >= 0.6 is 0 Å². The Labute approximate surface area is 269 Å². The first kappa shape index (κ1) is 27.3. The summed E-state index contributed by atoms with van der Waals surface area (Å²) in [5, 5.41) is 14.1. The number of fused-ring (bicyclic) bond motifs is 6. The van der Waals surface area contributed by atoms with Crippen LogP contribution < -0.4 is 16.0 Å². The highest BCUT2D eigenvalue weighted by Crippen LogP contribution is 2.51. The molecule has 0 amide bonds. The number of benzene rings is 6. The monoisotopic (exact) mass is 596 g/mol. The maximum atomic E-state index is 3.86. The van der Waals surface area contributed by atoms with Gasteiger partial charge in [0.05, 0.1) is 29.5 Å². The molecule has 1 aliphatic heterocycles. The van der Waals surface area contributed by atoms with Gasteiger partial charge in [-0.15, -0.1) is 0 Å². The summed E-state index contributed by atoms with van der Waals surface area (Å²) in [4.78, 5) is 0. The molecule has 6 aromatic carbocycles. The molecule has 1 fully saturated rings. The summed E-state index contributed by atoms with van der Waals surface area (Å²) < 4.78 is 2.46. The van der Waals surface area contributed by atoms with Gasteiger partial charge in [0.2, 0.25) is 0 Å². The lowest BCUT2D eigenvalue weighted by Gasteiger charge is -2.39. The molecule has 4 nitrogen and oxygen atoms in total. The second-order valence-electron chi connectivity index (χ2n) is 13.2. The van der Waals surface area contributed by atoms with Crippen molar-refractivity contribution in [3.8, 4) is 16.8 Å². The van der Waals surface area contributed by atoms with Crippen molar-refractivity contribution in [3.63, 3.8) is 0 Å². The molecule has 0 saturated carbocycles. The van der Waals surface area contributed by atoms with Crippen LogP contribution in [-0.4, -0.2) is 4.57 Å². The number of nitrogens with zero attached hydrogens (tertiary/aromatic N) is 1. The molecule has 2 aliphatic rings. The van der Waals surface area contributed by atoms with E-state index in [1.807, 2.05) is 0 Å². The van der Waals surface area contributed by atoms with Gasteiger partial charge in [0.25, 0.3) is 0 Å². The molecule has 0 bridgehead atoms. The first-order chi connectivity index (χ1) is 22.6. The molecular weight excluding hydrogens is 560 g/mol. The molecule has 1 saturated heterocycles. The SMILES string of the molecule is CC1(C)c2ccccc2-c2cc3c4ccccc4n(-c4cccc(C5NC(c6ccccc6)NC(c6ccccc6)N5)c4)c3cc21. The highest BCUT2D eigenvalue weighted by molar-refractivity contribution is 6.11. The standard InChI is InChI=1S/C42H36N4/c1-42(2)35-22-11-9-20-31(35)33-25-34-32-21-10-12-23-37(32)46(38(34)26-36(33)42)30-19-13-18-29(24-30)41-44-39(27-14-5-3-6-15-27)43-40(45-41)28-16-7-4-8-17-28/h3-26,39-41,43-45H,1-2H3. The summed E-state index contributed by atoms with van der Waals surface area (Å²) in [7, 11) is 0. The summed E-state index contributed by atoms with van der Waals surface area (Å²) in [6.07, 6.45) is -0.0932. The summed E-state index contributed by atoms with van der Waals surface area (Å²) in [5.74, 6) is 0. The minimum Gasteiger partial charge on any atom is -0.309 e. The Morgan fingerprint density at radius 2 is 1.04 bits per heavy atom. The van der Waals surface area contributed by atoms with Crippen LogP contribution in [0.15, 0.2) is 146 Å². The Kier molecular flexibility index (Phi) is 6.26. The van der Waals surface area contributed by atoms with E-state index >= 15 is 0 Å². The lowest BCUT2D eigenvalue weighted by Crippen LogP contribution is -2.54. The zero-order valence-corrected chi connectivity index (χ0v) is 26.0. The highest BCUT2D eigenvalue weighted by Gasteiger charge is 2.36. The first-order valence-corrected chi connectivity index (χ1v) is 16.2. The van der Waals surface area contributed by atoms with Crippen LogP contribution in [0, 0.1) is 0 Å². The average molecular weight is 597 g/mol. The molecule has 1 aromatic heterocycles. The second kappa shape index (κ2) is 10.5. The lowest BCUT2D eigenvalue weighted by atomic mass is 9.82. The topological polar surface area (TPSA) is 41.0 Å². The van der Waals surface area contributed by atoms with Crippen LogP contribution in [0.3, 0.4) is 0 Å². The number of hydrogen-bond donors (Lipinski definition) is 3. The van der Waals surface area contributed by atoms with Gasteiger partial charge in [0, 0.05) is 21.9 Å². The minimum atomic E-state index is -0.0672. The van der Waals surface area contributed by atoms with Crippen LogP contribution in [0.1, 0.15) is 60.2 Å². The van der Waals surface area contributed by atoms with Gasteiger partial charge in [-0.1, -0.05) is 129 Å². The maximum absolute atomic E-state index is 3.86. The number of nitrogens with one attached hydrogen (secondary N) is 3. The molecular formula is C42H36N4. The van der Waals surface area contributed by atoms with Crippen molar-refractivity contribution in [2.75, 3.05) is 0 Å². The van der Waals surface area contributed by atoms with Gasteiger partial charge in [-0.3, -0.25) is 16.0 Å².